The van der Waals surface area contributed by atoms with E-state index in [9.17, 15) is 5.11 Å². The average molecular weight is 215 g/mol. The molecule has 1 rings (SSSR count). The molecule has 0 aliphatic heterocycles. The first-order chi connectivity index (χ1) is 7.19. The van der Waals surface area contributed by atoms with Crippen LogP contribution in [0.5, 0.6) is 0 Å². The number of likely N-dealkylation sites (N-methyl/N-ethyl adjacent to an activating group) is 1. The molecule has 0 amide bonds. The number of nitrogens with zero attached hydrogens (tertiary/aromatic N) is 1. The van der Waals surface area contributed by atoms with Crippen molar-refractivity contribution in [2.45, 2.75) is 44.8 Å². The normalized spacial score (nSPS) is 32.2. The zero-order chi connectivity index (χ0) is 11.3. The van der Waals surface area contributed by atoms with Crippen molar-refractivity contribution < 1.29 is 9.84 Å². The maximum Gasteiger partial charge on any atom is 0.0695 e. The summed E-state index contributed by atoms with van der Waals surface area (Å²) in [6, 6.07) is 0.332. The third-order valence-corrected chi connectivity index (χ3v) is 3.68. The van der Waals surface area contributed by atoms with Gasteiger partial charge in [-0.05, 0) is 32.2 Å². The van der Waals surface area contributed by atoms with E-state index in [1.807, 2.05) is 0 Å². The Morgan fingerprint density at radius 1 is 1.40 bits per heavy atom. The third kappa shape index (κ3) is 3.74. The van der Waals surface area contributed by atoms with E-state index in [1.54, 1.807) is 7.11 Å². The quantitative estimate of drug-likeness (QED) is 0.754. The van der Waals surface area contributed by atoms with E-state index in [2.05, 4.69) is 18.9 Å². The largest absolute Gasteiger partial charge is 0.391 e. The molecule has 0 spiro atoms. The molecule has 3 heteroatoms. The van der Waals surface area contributed by atoms with Gasteiger partial charge in [-0.1, -0.05) is 13.3 Å². The van der Waals surface area contributed by atoms with E-state index in [-0.39, 0.29) is 6.10 Å². The fourth-order valence-corrected chi connectivity index (χ4v) is 2.46. The summed E-state index contributed by atoms with van der Waals surface area (Å²) in [7, 11) is 3.81. The molecule has 90 valence electrons. The first-order valence-corrected chi connectivity index (χ1v) is 6.06. The van der Waals surface area contributed by atoms with Crippen LogP contribution in [0, 0.1) is 5.92 Å². The fraction of sp³-hybridized carbons (Fsp3) is 1.00. The lowest BCUT2D eigenvalue weighted by Gasteiger charge is -2.38. The topological polar surface area (TPSA) is 32.7 Å². The summed E-state index contributed by atoms with van der Waals surface area (Å²) in [6.07, 6.45) is 4.38. The Balaban J connectivity index is 2.42. The first kappa shape index (κ1) is 12.9. The van der Waals surface area contributed by atoms with Gasteiger partial charge in [0.15, 0.2) is 0 Å². The van der Waals surface area contributed by atoms with Crippen LogP contribution in [0.3, 0.4) is 0 Å². The van der Waals surface area contributed by atoms with E-state index in [1.165, 1.54) is 12.8 Å². The first-order valence-electron chi connectivity index (χ1n) is 6.06. The van der Waals surface area contributed by atoms with Gasteiger partial charge in [-0.2, -0.15) is 0 Å². The molecule has 3 atom stereocenters. The number of rotatable bonds is 5. The summed E-state index contributed by atoms with van der Waals surface area (Å²) < 4.78 is 5.07. The fourth-order valence-electron chi connectivity index (χ4n) is 2.46. The predicted molar refractivity (Wildman–Crippen MR) is 61.9 cm³/mol. The highest BCUT2D eigenvalue weighted by Gasteiger charge is 2.30. The minimum Gasteiger partial charge on any atom is -0.391 e. The second-order valence-electron chi connectivity index (χ2n) is 4.70. The zero-order valence-electron chi connectivity index (χ0n) is 10.3. The minimum absolute atomic E-state index is 0.144. The number of aliphatic hydroxyl groups is 1. The van der Waals surface area contributed by atoms with Gasteiger partial charge in [0.2, 0.25) is 0 Å². The van der Waals surface area contributed by atoms with Crippen molar-refractivity contribution in [2.75, 3.05) is 27.3 Å². The van der Waals surface area contributed by atoms with Crippen LogP contribution >= 0.6 is 0 Å². The Kier molecular flexibility index (Phi) is 5.58. The summed E-state index contributed by atoms with van der Waals surface area (Å²) >= 11 is 0. The van der Waals surface area contributed by atoms with Crippen molar-refractivity contribution >= 4 is 0 Å². The van der Waals surface area contributed by atoms with E-state index in [0.29, 0.717) is 6.04 Å². The van der Waals surface area contributed by atoms with E-state index >= 15 is 0 Å². The van der Waals surface area contributed by atoms with Crippen LogP contribution in [-0.2, 0) is 4.74 Å². The molecule has 0 heterocycles. The molecule has 3 nitrogen and oxygen atoms in total. The molecule has 0 aromatic rings. The molecular formula is C12H25NO2. The van der Waals surface area contributed by atoms with Crippen LogP contribution in [0.2, 0.25) is 0 Å². The van der Waals surface area contributed by atoms with Crippen molar-refractivity contribution in [3.63, 3.8) is 0 Å². The van der Waals surface area contributed by atoms with Crippen molar-refractivity contribution in [1.29, 1.82) is 0 Å². The summed E-state index contributed by atoms with van der Waals surface area (Å²) in [5.74, 6) is 0.795. The molecule has 0 saturated heterocycles. The van der Waals surface area contributed by atoms with Gasteiger partial charge in [-0.15, -0.1) is 0 Å². The van der Waals surface area contributed by atoms with Gasteiger partial charge in [0.25, 0.3) is 0 Å². The Hall–Kier alpha value is -0.120. The highest BCUT2D eigenvalue weighted by atomic mass is 16.5. The zero-order valence-corrected chi connectivity index (χ0v) is 10.3. The number of aliphatic hydroxyl groups excluding tert-OH is 1. The van der Waals surface area contributed by atoms with Crippen molar-refractivity contribution in [2.24, 2.45) is 5.92 Å². The lowest BCUT2D eigenvalue weighted by atomic mass is 9.82. The molecule has 1 N–H and O–H groups in total. The van der Waals surface area contributed by atoms with Crippen LogP contribution in [0.25, 0.3) is 0 Å². The van der Waals surface area contributed by atoms with Crippen molar-refractivity contribution in [3.05, 3.63) is 0 Å². The molecule has 0 aromatic carbocycles. The highest BCUT2D eigenvalue weighted by Crippen LogP contribution is 2.29. The van der Waals surface area contributed by atoms with Crippen LogP contribution in [0.1, 0.15) is 32.6 Å². The Labute approximate surface area is 93.4 Å². The van der Waals surface area contributed by atoms with Crippen LogP contribution in [0.15, 0.2) is 0 Å². The molecular weight excluding hydrogens is 190 g/mol. The molecule has 1 fully saturated rings. The van der Waals surface area contributed by atoms with Gasteiger partial charge >= 0.3 is 0 Å². The second-order valence-corrected chi connectivity index (χ2v) is 4.70. The van der Waals surface area contributed by atoms with Gasteiger partial charge in [-0.25, -0.2) is 0 Å². The molecule has 15 heavy (non-hydrogen) atoms. The van der Waals surface area contributed by atoms with Crippen molar-refractivity contribution in [1.82, 2.24) is 4.90 Å². The van der Waals surface area contributed by atoms with Gasteiger partial charge in [-0.3, -0.25) is 4.90 Å². The average Bonchev–Trinajstić information content (AvgIpc) is 2.26. The summed E-state index contributed by atoms with van der Waals surface area (Å²) in [5, 5.41) is 9.97. The Morgan fingerprint density at radius 2 is 2.13 bits per heavy atom. The second kappa shape index (κ2) is 6.46. The predicted octanol–water partition coefficient (Wildman–Crippen LogP) is 1.50. The Morgan fingerprint density at radius 3 is 2.73 bits per heavy atom. The number of hydrogen-bond acceptors (Lipinski definition) is 3. The minimum atomic E-state index is -0.144. The molecule has 1 aliphatic carbocycles. The lowest BCUT2D eigenvalue weighted by molar-refractivity contribution is 0.00529. The monoisotopic (exact) mass is 215 g/mol. The maximum absolute atomic E-state index is 9.97. The van der Waals surface area contributed by atoms with Crippen LogP contribution in [-0.4, -0.2) is 49.5 Å². The molecule has 3 unspecified atom stereocenters. The maximum atomic E-state index is 9.97. The SMILES string of the molecule is CCC1CCC(O)C(N(C)CCOC)C1. The van der Waals surface area contributed by atoms with Gasteiger partial charge in [0.1, 0.15) is 0 Å². The van der Waals surface area contributed by atoms with Crippen LogP contribution in [0.4, 0.5) is 0 Å². The molecule has 1 saturated carbocycles. The van der Waals surface area contributed by atoms with Gasteiger partial charge in [0, 0.05) is 19.7 Å². The lowest BCUT2D eigenvalue weighted by Crippen LogP contribution is -2.46. The summed E-state index contributed by atoms with van der Waals surface area (Å²) in [5.41, 5.74) is 0. The summed E-state index contributed by atoms with van der Waals surface area (Å²) in [6.45, 7) is 3.90. The van der Waals surface area contributed by atoms with Gasteiger partial charge in [0.05, 0.1) is 12.7 Å². The molecule has 1 aliphatic rings. The number of ether oxygens (including phenoxy) is 1. The Bertz CT molecular complexity index is 175. The van der Waals surface area contributed by atoms with E-state index in [4.69, 9.17) is 4.74 Å². The van der Waals surface area contributed by atoms with E-state index in [0.717, 1.165) is 31.9 Å². The number of hydrogen-bond donors (Lipinski definition) is 1. The molecule has 0 radical (unpaired) electrons. The van der Waals surface area contributed by atoms with Crippen LogP contribution < -0.4 is 0 Å². The van der Waals surface area contributed by atoms with Gasteiger partial charge < -0.3 is 9.84 Å². The van der Waals surface area contributed by atoms with Crippen molar-refractivity contribution in [3.8, 4) is 0 Å². The smallest absolute Gasteiger partial charge is 0.0695 e. The summed E-state index contributed by atoms with van der Waals surface area (Å²) in [4.78, 5) is 2.25. The molecule has 0 bridgehead atoms. The molecule has 0 aromatic heterocycles. The highest BCUT2D eigenvalue weighted by molar-refractivity contribution is 4.85. The number of methoxy groups -OCH3 is 1. The standard InChI is InChI=1S/C12H25NO2/c1-4-10-5-6-12(14)11(9-10)13(2)7-8-15-3/h10-12,14H,4-9H2,1-3H3. The van der Waals surface area contributed by atoms with E-state index < -0.39 is 0 Å². The third-order valence-electron chi connectivity index (χ3n) is 3.68.